The van der Waals surface area contributed by atoms with Gasteiger partial charge in [0.15, 0.2) is 0 Å². The van der Waals surface area contributed by atoms with Crippen LogP contribution in [-0.4, -0.2) is 15.1 Å². The van der Waals surface area contributed by atoms with Gasteiger partial charge in [0.2, 0.25) is 11.5 Å². The fourth-order valence-corrected chi connectivity index (χ4v) is 1.59. The summed E-state index contributed by atoms with van der Waals surface area (Å²) in [6.07, 6.45) is 2.73. The van der Waals surface area contributed by atoms with E-state index in [1.807, 2.05) is 0 Å². The molecule has 98 valence electrons. The lowest BCUT2D eigenvalue weighted by atomic mass is 10.1. The van der Waals surface area contributed by atoms with Gasteiger partial charge in [-0.1, -0.05) is 24.0 Å². The summed E-state index contributed by atoms with van der Waals surface area (Å²) in [4.78, 5) is 15.2. The zero-order valence-electron chi connectivity index (χ0n) is 10.0. The number of hydrogen-bond acceptors (Lipinski definition) is 3. The Kier molecular flexibility index (Phi) is 4.47. The Labute approximate surface area is 117 Å². The molecule has 0 aliphatic heterocycles. The second-order valence-corrected chi connectivity index (χ2v) is 3.99. The second kappa shape index (κ2) is 6.50. The smallest absolute Gasteiger partial charge is 0.266 e. The maximum Gasteiger partial charge on any atom is 0.291 e. The Morgan fingerprint density at radius 1 is 1.25 bits per heavy atom. The molecule has 0 unspecified atom stereocenters. The minimum atomic E-state index is -0.674. The van der Waals surface area contributed by atoms with Crippen LogP contribution in [0.25, 0.3) is 0 Å². The first-order chi connectivity index (χ1) is 9.70. The lowest BCUT2D eigenvalue weighted by Gasteiger charge is -1.94. The summed E-state index contributed by atoms with van der Waals surface area (Å²) in [5, 5.41) is 0. The van der Waals surface area contributed by atoms with Crippen LogP contribution in [0.5, 0.6) is 0 Å². The molecule has 1 heterocycles. The standard InChI is InChI=1S/C14H7FN2O2S/c15-13-4-2-1-3-11(13)6-5-10-7-12(9-16-8-10)14(18)17-20-19/h1-4,7-9H. The summed E-state index contributed by atoms with van der Waals surface area (Å²) < 4.78 is 26.7. The zero-order chi connectivity index (χ0) is 14.4. The molecule has 1 aromatic carbocycles. The molecule has 0 saturated heterocycles. The Morgan fingerprint density at radius 2 is 2.05 bits per heavy atom. The number of aromatic nitrogens is 1. The van der Waals surface area contributed by atoms with Crippen molar-refractivity contribution in [1.82, 2.24) is 4.98 Å². The third kappa shape index (κ3) is 3.43. The number of hydrogen-bond donors (Lipinski definition) is 0. The highest BCUT2D eigenvalue weighted by atomic mass is 32.1. The molecule has 0 saturated carbocycles. The van der Waals surface area contributed by atoms with Crippen LogP contribution < -0.4 is 0 Å². The third-order valence-electron chi connectivity index (χ3n) is 2.32. The van der Waals surface area contributed by atoms with E-state index in [1.165, 1.54) is 24.5 Å². The molecule has 1 amide bonds. The average Bonchev–Trinajstić information content (AvgIpc) is 2.47. The van der Waals surface area contributed by atoms with Gasteiger partial charge in [-0.2, -0.15) is 4.21 Å². The highest BCUT2D eigenvalue weighted by Crippen LogP contribution is 2.06. The van der Waals surface area contributed by atoms with Gasteiger partial charge in [0, 0.05) is 18.0 Å². The zero-order valence-corrected chi connectivity index (χ0v) is 10.9. The monoisotopic (exact) mass is 286 g/mol. The van der Waals surface area contributed by atoms with Crippen LogP contribution in [0.1, 0.15) is 21.5 Å². The maximum atomic E-state index is 13.4. The van der Waals surface area contributed by atoms with E-state index in [0.29, 0.717) is 5.56 Å². The summed E-state index contributed by atoms with van der Waals surface area (Å²) in [5.41, 5.74) is 0.850. The van der Waals surface area contributed by atoms with E-state index >= 15 is 0 Å². The number of carbonyl (C=O) groups is 1. The normalized spacial score (nSPS) is 9.25. The fourth-order valence-electron chi connectivity index (χ4n) is 1.41. The van der Waals surface area contributed by atoms with Gasteiger partial charge >= 0.3 is 0 Å². The van der Waals surface area contributed by atoms with Gasteiger partial charge in [-0.3, -0.25) is 9.78 Å². The summed E-state index contributed by atoms with van der Waals surface area (Å²) in [6.45, 7) is 0. The van der Waals surface area contributed by atoms with Gasteiger partial charge in [-0.15, -0.1) is 4.36 Å². The van der Waals surface area contributed by atoms with Crippen LogP contribution in [-0.2, 0) is 11.5 Å². The molecule has 0 aliphatic rings. The molecule has 0 N–H and O–H groups in total. The highest BCUT2D eigenvalue weighted by Gasteiger charge is 2.04. The lowest BCUT2D eigenvalue weighted by Crippen LogP contribution is -1.95. The van der Waals surface area contributed by atoms with Gasteiger partial charge < -0.3 is 0 Å². The van der Waals surface area contributed by atoms with Crippen molar-refractivity contribution in [3.63, 3.8) is 0 Å². The van der Waals surface area contributed by atoms with Gasteiger partial charge in [-0.25, -0.2) is 4.39 Å². The third-order valence-corrected chi connectivity index (χ3v) is 2.56. The average molecular weight is 286 g/mol. The van der Waals surface area contributed by atoms with E-state index in [1.54, 1.807) is 18.2 Å². The molecule has 0 spiro atoms. The summed E-state index contributed by atoms with van der Waals surface area (Å²) in [7, 11) is 0. The van der Waals surface area contributed by atoms with Crippen molar-refractivity contribution in [2.75, 3.05) is 0 Å². The summed E-state index contributed by atoms with van der Waals surface area (Å²) in [5.74, 6) is 4.27. The molecule has 0 bridgehead atoms. The first kappa shape index (κ1) is 13.8. The minimum absolute atomic E-state index is 0.161. The molecule has 1 aromatic heterocycles. The van der Waals surface area contributed by atoms with E-state index < -0.39 is 11.7 Å². The lowest BCUT2D eigenvalue weighted by molar-refractivity contribution is 0.100. The van der Waals surface area contributed by atoms with Crippen molar-refractivity contribution < 1.29 is 13.4 Å². The van der Waals surface area contributed by atoms with Crippen molar-refractivity contribution in [3.05, 3.63) is 65.2 Å². The van der Waals surface area contributed by atoms with Gasteiger partial charge in [0.25, 0.3) is 5.91 Å². The first-order valence-corrected chi connectivity index (χ1v) is 6.16. The predicted molar refractivity (Wildman–Crippen MR) is 71.5 cm³/mol. The van der Waals surface area contributed by atoms with E-state index in [9.17, 15) is 13.4 Å². The summed E-state index contributed by atoms with van der Waals surface area (Å²) >= 11 is -0.165. The topological polar surface area (TPSA) is 59.4 Å². The molecule has 2 aromatic rings. The van der Waals surface area contributed by atoms with Gasteiger partial charge in [0.05, 0.1) is 11.1 Å². The number of halogens is 1. The predicted octanol–water partition coefficient (Wildman–Crippen LogP) is 2.16. The molecule has 4 nitrogen and oxygen atoms in total. The SMILES string of the molecule is O=S=NC(=O)c1cncc(C#Cc2ccccc2F)c1. The molecular formula is C14H7FN2O2S. The second-order valence-electron chi connectivity index (χ2n) is 3.66. The number of pyridine rings is 1. The van der Waals surface area contributed by atoms with Gasteiger partial charge in [0.1, 0.15) is 5.82 Å². The molecule has 0 radical (unpaired) electrons. The van der Waals surface area contributed by atoms with Crippen molar-refractivity contribution >= 4 is 17.4 Å². The van der Waals surface area contributed by atoms with E-state index in [4.69, 9.17) is 0 Å². The number of rotatable bonds is 1. The van der Waals surface area contributed by atoms with Crippen LogP contribution in [0.2, 0.25) is 0 Å². The van der Waals surface area contributed by atoms with E-state index in [0.717, 1.165) is 0 Å². The quantitative estimate of drug-likeness (QED) is 0.755. The molecule has 20 heavy (non-hydrogen) atoms. The van der Waals surface area contributed by atoms with Gasteiger partial charge in [-0.05, 0) is 18.2 Å². The molecular weight excluding hydrogens is 279 g/mol. The van der Waals surface area contributed by atoms with Crippen LogP contribution >= 0.6 is 0 Å². The van der Waals surface area contributed by atoms with E-state index in [-0.39, 0.29) is 22.6 Å². The largest absolute Gasteiger partial charge is 0.291 e. The fraction of sp³-hybridized carbons (Fsp3) is 0. The maximum absolute atomic E-state index is 13.4. The number of amides is 1. The molecule has 0 aliphatic carbocycles. The number of nitrogens with zero attached hydrogens (tertiary/aromatic N) is 2. The molecule has 0 fully saturated rings. The molecule has 6 heteroatoms. The van der Waals surface area contributed by atoms with Crippen LogP contribution in [0.15, 0.2) is 47.1 Å². The van der Waals surface area contributed by atoms with Crippen molar-refractivity contribution in [1.29, 1.82) is 0 Å². The van der Waals surface area contributed by atoms with E-state index in [2.05, 4.69) is 21.2 Å². The van der Waals surface area contributed by atoms with Crippen molar-refractivity contribution in [3.8, 4) is 11.8 Å². The number of benzene rings is 1. The molecule has 2 rings (SSSR count). The molecule has 0 atom stereocenters. The van der Waals surface area contributed by atoms with Crippen LogP contribution in [0.3, 0.4) is 0 Å². The summed E-state index contributed by atoms with van der Waals surface area (Å²) in [6, 6.07) is 7.56. The van der Waals surface area contributed by atoms with Crippen LogP contribution in [0, 0.1) is 17.7 Å². The first-order valence-electron chi connectivity index (χ1n) is 5.46. The number of carbonyl (C=O) groups excluding carboxylic acids is 1. The Morgan fingerprint density at radius 3 is 2.80 bits per heavy atom. The highest BCUT2D eigenvalue weighted by molar-refractivity contribution is 7.55. The van der Waals surface area contributed by atoms with Crippen molar-refractivity contribution in [2.45, 2.75) is 0 Å². The van der Waals surface area contributed by atoms with Crippen LogP contribution in [0.4, 0.5) is 4.39 Å². The Balaban J connectivity index is 2.32. The Bertz CT molecular complexity index is 774. The minimum Gasteiger partial charge on any atom is -0.266 e. The van der Waals surface area contributed by atoms with Crippen molar-refractivity contribution in [2.24, 2.45) is 4.36 Å². The Hall–Kier alpha value is -2.65.